The van der Waals surface area contributed by atoms with Crippen molar-refractivity contribution in [3.05, 3.63) is 53.4 Å². The summed E-state index contributed by atoms with van der Waals surface area (Å²) < 4.78 is 38.6. The molecular formula is C24H31N3O5S2. The van der Waals surface area contributed by atoms with Gasteiger partial charge in [0.05, 0.1) is 19.3 Å². The summed E-state index contributed by atoms with van der Waals surface area (Å²) in [6.45, 7) is 4.84. The fraction of sp³-hybridized carbons (Fsp3) is 0.542. The third-order valence-electron chi connectivity index (χ3n) is 7.01. The second-order valence-electron chi connectivity index (χ2n) is 9.32. The van der Waals surface area contributed by atoms with E-state index in [1.807, 2.05) is 30.3 Å². The van der Waals surface area contributed by atoms with Gasteiger partial charge in [0.2, 0.25) is 0 Å². The molecule has 3 unspecified atom stereocenters. The van der Waals surface area contributed by atoms with Crippen LogP contribution in [0, 0.1) is 11.8 Å². The first kappa shape index (κ1) is 23.7. The molecule has 1 aromatic heterocycles. The van der Waals surface area contributed by atoms with E-state index in [2.05, 4.69) is 10.2 Å². The number of benzene rings is 1. The van der Waals surface area contributed by atoms with Crippen LogP contribution in [0.3, 0.4) is 0 Å². The number of nitrogens with one attached hydrogen (secondary N) is 1. The largest absolute Gasteiger partial charge is 0.444 e. The van der Waals surface area contributed by atoms with Crippen molar-refractivity contribution < 1.29 is 22.7 Å². The number of alkyl carbamates (subject to hydrolysis) is 1. The molecule has 0 bridgehead atoms. The normalized spacial score (nSPS) is 26.4. The first-order valence-electron chi connectivity index (χ1n) is 11.8. The lowest BCUT2D eigenvalue weighted by Crippen LogP contribution is -2.36. The summed E-state index contributed by atoms with van der Waals surface area (Å²) in [6.07, 6.45) is 0.913. The molecule has 1 aromatic carbocycles. The van der Waals surface area contributed by atoms with Crippen LogP contribution >= 0.6 is 11.3 Å². The number of fused-ring (bicyclic) bond motifs is 1. The Morgan fingerprint density at radius 2 is 1.88 bits per heavy atom. The molecule has 34 heavy (non-hydrogen) atoms. The van der Waals surface area contributed by atoms with E-state index < -0.39 is 16.1 Å². The zero-order valence-corrected chi connectivity index (χ0v) is 20.7. The first-order valence-corrected chi connectivity index (χ1v) is 14.2. The second-order valence-corrected chi connectivity index (χ2v) is 12.4. The van der Waals surface area contributed by atoms with Gasteiger partial charge in [-0.1, -0.05) is 36.4 Å². The molecule has 5 rings (SSSR count). The summed E-state index contributed by atoms with van der Waals surface area (Å²) in [5, 5.41) is 4.85. The number of sulfonamides is 1. The molecule has 1 N–H and O–H groups in total. The Kier molecular flexibility index (Phi) is 7.22. The quantitative estimate of drug-likeness (QED) is 0.594. The number of ether oxygens (including phenoxy) is 2. The highest BCUT2D eigenvalue weighted by Gasteiger charge is 2.44. The molecule has 10 heteroatoms. The Balaban J connectivity index is 1.15. The standard InChI is InChI=1S/C24H31N3O5S2/c28-24(32-21-9-11-31-17-21)25-22(18-5-2-1-3-6-18)8-10-26-13-19-15-27(16-20(19)14-26)34(29,30)23-7-4-12-33-23/h1-7,12,19-22H,8-11,13-17H2,(H,25,28)/t19-,20?,21?,22?/m0/s1. The number of hydrogen-bond acceptors (Lipinski definition) is 7. The predicted octanol–water partition coefficient (Wildman–Crippen LogP) is 2.95. The van der Waals surface area contributed by atoms with Crippen LogP contribution in [0.1, 0.15) is 24.4 Å². The molecule has 3 aliphatic heterocycles. The molecule has 0 aliphatic carbocycles. The number of hydrogen-bond donors (Lipinski definition) is 1. The number of amides is 1. The van der Waals surface area contributed by atoms with Gasteiger partial charge in [-0.05, 0) is 35.3 Å². The Hall–Kier alpha value is -1.98. The van der Waals surface area contributed by atoms with E-state index in [0.717, 1.165) is 38.0 Å². The van der Waals surface area contributed by atoms with Gasteiger partial charge < -0.3 is 19.7 Å². The van der Waals surface area contributed by atoms with Crippen LogP contribution in [0.15, 0.2) is 52.1 Å². The van der Waals surface area contributed by atoms with Gasteiger partial charge in [-0.15, -0.1) is 11.3 Å². The zero-order valence-electron chi connectivity index (χ0n) is 19.0. The van der Waals surface area contributed by atoms with Crippen molar-refractivity contribution in [1.29, 1.82) is 0 Å². The smallest absolute Gasteiger partial charge is 0.407 e. The van der Waals surface area contributed by atoms with Crippen LogP contribution < -0.4 is 5.32 Å². The van der Waals surface area contributed by atoms with Crippen molar-refractivity contribution in [3.8, 4) is 0 Å². The minimum absolute atomic E-state index is 0.146. The van der Waals surface area contributed by atoms with Crippen LogP contribution in [-0.4, -0.2) is 75.8 Å². The average Bonchev–Trinajstić information content (AvgIpc) is 3.62. The molecule has 8 nitrogen and oxygen atoms in total. The molecule has 3 saturated heterocycles. The van der Waals surface area contributed by atoms with Gasteiger partial charge in [-0.2, -0.15) is 4.31 Å². The van der Waals surface area contributed by atoms with Crippen molar-refractivity contribution in [2.75, 3.05) is 45.9 Å². The summed E-state index contributed by atoms with van der Waals surface area (Å²) in [4.78, 5) is 14.9. The Labute approximate surface area is 204 Å². The van der Waals surface area contributed by atoms with E-state index in [9.17, 15) is 13.2 Å². The minimum atomic E-state index is -3.38. The van der Waals surface area contributed by atoms with E-state index in [1.54, 1.807) is 21.8 Å². The molecule has 0 radical (unpaired) electrons. The second kappa shape index (κ2) is 10.3. The van der Waals surface area contributed by atoms with E-state index in [-0.39, 0.29) is 12.1 Å². The van der Waals surface area contributed by atoms with Gasteiger partial charge in [-0.3, -0.25) is 0 Å². The fourth-order valence-electron chi connectivity index (χ4n) is 5.22. The van der Waals surface area contributed by atoms with Gasteiger partial charge in [0, 0.05) is 39.1 Å². The summed E-state index contributed by atoms with van der Waals surface area (Å²) in [6, 6.07) is 13.3. The topological polar surface area (TPSA) is 88.2 Å². The van der Waals surface area contributed by atoms with Crippen molar-refractivity contribution in [2.45, 2.75) is 29.2 Å². The molecule has 0 spiro atoms. The van der Waals surface area contributed by atoms with Crippen molar-refractivity contribution in [3.63, 3.8) is 0 Å². The monoisotopic (exact) mass is 505 g/mol. The van der Waals surface area contributed by atoms with Crippen LogP contribution in [0.2, 0.25) is 0 Å². The Morgan fingerprint density at radius 1 is 1.12 bits per heavy atom. The molecule has 0 saturated carbocycles. The van der Waals surface area contributed by atoms with Crippen molar-refractivity contribution in [1.82, 2.24) is 14.5 Å². The minimum Gasteiger partial charge on any atom is -0.444 e. The maximum Gasteiger partial charge on any atom is 0.407 e. The lowest BCUT2D eigenvalue weighted by molar-refractivity contribution is 0.0801. The summed E-state index contributed by atoms with van der Waals surface area (Å²) in [7, 11) is -3.38. The lowest BCUT2D eigenvalue weighted by atomic mass is 10.0. The summed E-state index contributed by atoms with van der Waals surface area (Å²) >= 11 is 1.28. The van der Waals surface area contributed by atoms with Gasteiger partial charge >= 0.3 is 6.09 Å². The SMILES string of the molecule is O=C(NC(CCN1CC2CN(S(=O)(=O)c3cccs3)C[C@@H]2C1)c1ccccc1)OC1CCOC1. The predicted molar refractivity (Wildman–Crippen MR) is 129 cm³/mol. The first-order chi connectivity index (χ1) is 16.5. The van der Waals surface area contributed by atoms with Crippen LogP contribution in [0.5, 0.6) is 0 Å². The van der Waals surface area contributed by atoms with Crippen LogP contribution in [0.25, 0.3) is 0 Å². The molecule has 2 aromatic rings. The van der Waals surface area contributed by atoms with Crippen LogP contribution in [-0.2, 0) is 19.5 Å². The number of carbonyl (C=O) groups is 1. The van der Waals surface area contributed by atoms with E-state index in [0.29, 0.717) is 42.3 Å². The van der Waals surface area contributed by atoms with Gasteiger partial charge in [-0.25, -0.2) is 13.2 Å². The highest BCUT2D eigenvalue weighted by Crippen LogP contribution is 2.35. The average molecular weight is 506 g/mol. The van der Waals surface area contributed by atoms with Gasteiger partial charge in [0.15, 0.2) is 0 Å². The Bertz CT molecular complexity index is 1040. The summed E-state index contributed by atoms with van der Waals surface area (Å²) in [5.41, 5.74) is 1.05. The van der Waals surface area contributed by atoms with E-state index in [1.165, 1.54) is 11.3 Å². The van der Waals surface area contributed by atoms with Crippen molar-refractivity contribution in [2.24, 2.45) is 11.8 Å². The summed E-state index contributed by atoms with van der Waals surface area (Å²) in [5.74, 6) is 0.704. The molecule has 184 valence electrons. The maximum absolute atomic E-state index is 12.9. The molecule has 3 aliphatic rings. The number of rotatable bonds is 8. The molecule has 3 fully saturated rings. The number of likely N-dealkylation sites (tertiary alicyclic amines) is 1. The maximum atomic E-state index is 12.9. The number of thiophene rings is 1. The lowest BCUT2D eigenvalue weighted by Gasteiger charge is -2.25. The molecular weight excluding hydrogens is 474 g/mol. The molecule has 4 atom stereocenters. The Morgan fingerprint density at radius 3 is 2.53 bits per heavy atom. The van der Waals surface area contributed by atoms with E-state index in [4.69, 9.17) is 9.47 Å². The van der Waals surface area contributed by atoms with Gasteiger partial charge in [0.25, 0.3) is 10.0 Å². The van der Waals surface area contributed by atoms with Crippen molar-refractivity contribution >= 4 is 27.5 Å². The fourth-order valence-corrected chi connectivity index (χ4v) is 7.91. The third kappa shape index (κ3) is 5.31. The molecule has 1 amide bonds. The molecule has 4 heterocycles. The third-order valence-corrected chi connectivity index (χ3v) is 10.2. The van der Waals surface area contributed by atoms with Gasteiger partial charge in [0.1, 0.15) is 10.3 Å². The van der Waals surface area contributed by atoms with Crippen LogP contribution in [0.4, 0.5) is 4.79 Å². The zero-order chi connectivity index (χ0) is 23.5. The number of carbonyl (C=O) groups excluding carboxylic acids is 1. The van der Waals surface area contributed by atoms with E-state index >= 15 is 0 Å². The highest BCUT2D eigenvalue weighted by atomic mass is 32.2. The number of nitrogens with zero attached hydrogens (tertiary/aromatic N) is 2. The highest BCUT2D eigenvalue weighted by molar-refractivity contribution is 7.91.